The number of fused-ring (bicyclic) bond motifs is 2. The van der Waals surface area contributed by atoms with Crippen LogP contribution < -0.4 is 10.6 Å². The molecule has 6 rings (SSSR count). The highest BCUT2D eigenvalue weighted by Crippen LogP contribution is 2.33. The van der Waals surface area contributed by atoms with Crippen molar-refractivity contribution >= 4 is 38.3 Å². The molecular formula is C30H32F3N7OS. The number of piperidine rings is 1. The number of halogens is 3. The summed E-state index contributed by atoms with van der Waals surface area (Å²) in [5, 5.41) is 18.3. The average molecular weight is 596 g/mol. The third-order valence-corrected chi connectivity index (χ3v) is 9.16. The molecule has 0 saturated carbocycles. The van der Waals surface area contributed by atoms with E-state index in [4.69, 9.17) is 4.74 Å². The maximum atomic E-state index is 12.9. The van der Waals surface area contributed by atoms with E-state index in [1.165, 1.54) is 17.5 Å². The predicted octanol–water partition coefficient (Wildman–Crippen LogP) is 5.51. The normalized spacial score (nSPS) is 18.8. The van der Waals surface area contributed by atoms with Gasteiger partial charge in [-0.25, -0.2) is 9.97 Å². The molecule has 1 atom stereocenters. The molecule has 0 radical (unpaired) electrons. The van der Waals surface area contributed by atoms with Gasteiger partial charge in [-0.2, -0.15) is 18.4 Å². The van der Waals surface area contributed by atoms with Crippen molar-refractivity contribution in [1.82, 2.24) is 24.8 Å². The van der Waals surface area contributed by atoms with Crippen molar-refractivity contribution in [3.8, 4) is 6.07 Å². The third-order valence-electron chi connectivity index (χ3n) is 8.12. The number of hydrogen-bond acceptors (Lipinski definition) is 8. The molecule has 2 fully saturated rings. The molecule has 2 saturated heterocycles. The number of thiophene rings is 1. The Labute approximate surface area is 245 Å². The number of aryl methyl sites for hydroxylation is 1. The Balaban J connectivity index is 1.10. The van der Waals surface area contributed by atoms with Crippen LogP contribution in [0.5, 0.6) is 0 Å². The van der Waals surface area contributed by atoms with Gasteiger partial charge >= 0.3 is 6.18 Å². The van der Waals surface area contributed by atoms with Gasteiger partial charge in [0, 0.05) is 53.7 Å². The number of nitrogens with zero attached hydrogens (tertiary/aromatic N) is 5. The van der Waals surface area contributed by atoms with E-state index >= 15 is 0 Å². The molecule has 4 aromatic rings. The van der Waals surface area contributed by atoms with Gasteiger partial charge in [-0.1, -0.05) is 12.6 Å². The van der Waals surface area contributed by atoms with E-state index in [9.17, 15) is 18.4 Å². The largest absolute Gasteiger partial charge is 0.393 e. The number of anilines is 1. The second-order valence-electron chi connectivity index (χ2n) is 11.1. The van der Waals surface area contributed by atoms with E-state index in [-0.39, 0.29) is 17.0 Å². The van der Waals surface area contributed by atoms with Crippen LogP contribution >= 0.6 is 11.3 Å². The second-order valence-corrected chi connectivity index (χ2v) is 12.2. The molecule has 0 spiro atoms. The Morgan fingerprint density at radius 1 is 1.21 bits per heavy atom. The van der Waals surface area contributed by atoms with Gasteiger partial charge in [0.2, 0.25) is 0 Å². The minimum atomic E-state index is -4.25. The predicted molar refractivity (Wildman–Crippen MR) is 157 cm³/mol. The first-order valence-electron chi connectivity index (χ1n) is 14.0. The summed E-state index contributed by atoms with van der Waals surface area (Å²) < 4.78 is 46.6. The molecule has 3 aromatic heterocycles. The fraction of sp³-hybridized carbons (Fsp3) is 0.433. The zero-order valence-corrected chi connectivity index (χ0v) is 24.1. The smallest absolute Gasteiger partial charge is 0.384 e. The number of rotatable bonds is 7. The molecule has 5 heterocycles. The molecule has 42 heavy (non-hydrogen) atoms. The van der Waals surface area contributed by atoms with Crippen molar-refractivity contribution in [2.24, 2.45) is 0 Å². The molecule has 220 valence electrons. The van der Waals surface area contributed by atoms with E-state index in [1.807, 2.05) is 10.6 Å². The second kappa shape index (κ2) is 11.6. The molecule has 2 aliphatic heterocycles. The van der Waals surface area contributed by atoms with Crippen molar-refractivity contribution in [3.05, 3.63) is 64.6 Å². The summed E-state index contributed by atoms with van der Waals surface area (Å²) in [4.78, 5) is 11.8. The third kappa shape index (κ3) is 6.09. The van der Waals surface area contributed by atoms with E-state index < -0.39 is 12.6 Å². The highest BCUT2D eigenvalue weighted by atomic mass is 32.1. The van der Waals surface area contributed by atoms with Gasteiger partial charge in [0.1, 0.15) is 28.7 Å². The van der Waals surface area contributed by atoms with Crippen molar-refractivity contribution in [2.45, 2.75) is 57.6 Å². The molecule has 0 bridgehead atoms. The Kier molecular flexibility index (Phi) is 7.83. The number of morpholine rings is 1. The number of aromatic nitrogens is 3. The van der Waals surface area contributed by atoms with Crippen molar-refractivity contribution in [1.29, 1.82) is 5.26 Å². The molecule has 1 aromatic carbocycles. The molecule has 8 nitrogen and oxygen atoms in total. The van der Waals surface area contributed by atoms with Crippen molar-refractivity contribution < 1.29 is 17.9 Å². The Hall–Kier alpha value is -3.66. The topological polar surface area (TPSA) is 91.0 Å². The van der Waals surface area contributed by atoms with Crippen LogP contribution in [-0.4, -0.2) is 64.0 Å². The molecular weight excluding hydrogens is 563 g/mol. The van der Waals surface area contributed by atoms with Crippen LogP contribution in [0.2, 0.25) is 0 Å². The first kappa shape index (κ1) is 28.5. The maximum absolute atomic E-state index is 12.9. The fourth-order valence-corrected chi connectivity index (χ4v) is 6.89. The molecule has 0 aliphatic carbocycles. The Morgan fingerprint density at radius 3 is 2.74 bits per heavy atom. The monoisotopic (exact) mass is 595 g/mol. The van der Waals surface area contributed by atoms with E-state index in [1.54, 1.807) is 6.07 Å². The van der Waals surface area contributed by atoms with Gasteiger partial charge in [-0.15, -0.1) is 11.3 Å². The number of nitriles is 1. The average Bonchev–Trinajstić information content (AvgIpc) is 3.53. The summed E-state index contributed by atoms with van der Waals surface area (Å²) in [6.07, 6.45) is -2.05. The fourth-order valence-electron chi connectivity index (χ4n) is 5.86. The molecule has 0 amide bonds. The van der Waals surface area contributed by atoms with Crippen LogP contribution in [-0.2, 0) is 24.2 Å². The molecule has 1 unspecified atom stereocenters. The lowest BCUT2D eigenvalue weighted by Crippen LogP contribution is -2.39. The van der Waals surface area contributed by atoms with Gasteiger partial charge in [-0.3, -0.25) is 4.90 Å². The summed E-state index contributed by atoms with van der Waals surface area (Å²) in [5.74, 6) is 0.599. The number of ether oxygens (including phenoxy) is 1. The quantitative estimate of drug-likeness (QED) is 0.291. The van der Waals surface area contributed by atoms with Crippen molar-refractivity contribution in [3.63, 3.8) is 0 Å². The molecule has 2 N–H and O–H groups in total. The van der Waals surface area contributed by atoms with E-state index in [0.717, 1.165) is 60.4 Å². The number of benzene rings is 1. The molecule has 12 heteroatoms. The summed E-state index contributed by atoms with van der Waals surface area (Å²) in [7, 11) is 0. The SMILES string of the molecule is C=C1COC(Cn2c(C#N)cc3c(C)c(CN4CCC(Nc5ncnc6sc(CC(F)(F)F)cc56)CC4)ccc32)CN1. The number of likely N-dealkylation sites (tertiary alicyclic amines) is 1. The van der Waals surface area contributed by atoms with Gasteiger partial charge in [0.15, 0.2) is 0 Å². The minimum absolute atomic E-state index is 0.0341. The summed E-state index contributed by atoms with van der Waals surface area (Å²) in [6, 6.07) is 10.3. The van der Waals surface area contributed by atoms with Crippen LogP contribution in [0.25, 0.3) is 21.1 Å². The van der Waals surface area contributed by atoms with E-state index in [2.05, 4.69) is 57.2 Å². The highest BCUT2D eigenvalue weighted by Gasteiger charge is 2.29. The summed E-state index contributed by atoms with van der Waals surface area (Å²) in [5.41, 5.74) is 4.94. The van der Waals surface area contributed by atoms with Crippen LogP contribution in [0.3, 0.4) is 0 Å². The first-order chi connectivity index (χ1) is 20.2. The number of hydrogen-bond donors (Lipinski definition) is 2. The number of alkyl halides is 3. The van der Waals surface area contributed by atoms with Crippen LogP contribution in [0.4, 0.5) is 19.0 Å². The minimum Gasteiger partial charge on any atom is -0.384 e. The lowest BCUT2D eigenvalue weighted by atomic mass is 10.0. The zero-order valence-electron chi connectivity index (χ0n) is 23.3. The van der Waals surface area contributed by atoms with E-state index in [0.29, 0.717) is 41.4 Å². The lowest BCUT2D eigenvalue weighted by Gasteiger charge is -2.33. The van der Waals surface area contributed by atoms with Crippen LogP contribution in [0, 0.1) is 18.3 Å². The standard InChI is InChI=1S/C30H32F3N7OS/c1-18-16-41-23(13-35-18)15-40-22(12-34)9-25-19(2)20(3-4-27(25)40)14-39-7-5-21(6-8-39)38-28-26-10-24(11-30(31,32)33)42-29(26)37-17-36-28/h3-4,9-10,17,21,23,35H,1,5-8,11,13-16H2,2H3,(H,36,37,38). The van der Waals surface area contributed by atoms with Gasteiger partial charge in [0.05, 0.1) is 31.1 Å². The Bertz CT molecular complexity index is 1650. The van der Waals surface area contributed by atoms with Crippen LogP contribution in [0.15, 0.2) is 42.9 Å². The Morgan fingerprint density at radius 2 is 2.02 bits per heavy atom. The number of nitrogens with one attached hydrogen (secondary N) is 2. The highest BCUT2D eigenvalue weighted by molar-refractivity contribution is 7.18. The van der Waals surface area contributed by atoms with Gasteiger partial charge < -0.3 is 19.9 Å². The van der Waals surface area contributed by atoms with Crippen molar-refractivity contribution in [2.75, 3.05) is 31.6 Å². The first-order valence-corrected chi connectivity index (χ1v) is 14.8. The molecule has 2 aliphatic rings. The van der Waals surface area contributed by atoms with Gasteiger partial charge in [0.25, 0.3) is 0 Å². The summed E-state index contributed by atoms with van der Waals surface area (Å²) in [6.45, 7) is 10.3. The zero-order chi connectivity index (χ0) is 29.4. The summed E-state index contributed by atoms with van der Waals surface area (Å²) >= 11 is 1.07. The lowest BCUT2D eigenvalue weighted by molar-refractivity contribution is -0.126. The van der Waals surface area contributed by atoms with Crippen LogP contribution in [0.1, 0.15) is 34.5 Å². The van der Waals surface area contributed by atoms with Gasteiger partial charge in [-0.05, 0) is 49.1 Å². The maximum Gasteiger partial charge on any atom is 0.393 e.